The van der Waals surface area contributed by atoms with Crippen molar-refractivity contribution in [1.29, 1.82) is 0 Å². The van der Waals surface area contributed by atoms with Gasteiger partial charge in [0.05, 0.1) is 7.11 Å². The number of carbonyl (C=O) groups is 1. The molecule has 1 aromatic carbocycles. The maximum Gasteiger partial charge on any atom is 0.252 e. The number of nitrogens with one attached hydrogen (secondary N) is 1. The van der Waals surface area contributed by atoms with Gasteiger partial charge in [-0.1, -0.05) is 6.08 Å². The standard InChI is InChI=1S/C12H13NO2/c1-3-8-7-13-12(14)10-5-4-9(15-2)6-11(8)10/h3-6H,7H2,1-2H3,(H,13,14)/b8-3+. The van der Waals surface area contributed by atoms with Gasteiger partial charge in [-0.25, -0.2) is 0 Å². The van der Waals surface area contributed by atoms with Crippen LogP contribution in [0.3, 0.4) is 0 Å². The number of hydrogen-bond donors (Lipinski definition) is 1. The highest BCUT2D eigenvalue weighted by molar-refractivity contribution is 6.03. The first-order valence-electron chi connectivity index (χ1n) is 4.88. The minimum atomic E-state index is -0.0155. The summed E-state index contributed by atoms with van der Waals surface area (Å²) in [6.07, 6.45) is 2.01. The first kappa shape index (κ1) is 9.77. The summed E-state index contributed by atoms with van der Waals surface area (Å²) in [5.74, 6) is 0.765. The van der Waals surface area contributed by atoms with E-state index in [1.54, 1.807) is 19.2 Å². The number of benzene rings is 1. The quantitative estimate of drug-likeness (QED) is 0.756. The van der Waals surface area contributed by atoms with Crippen molar-refractivity contribution >= 4 is 11.5 Å². The van der Waals surface area contributed by atoms with Crippen LogP contribution in [0.15, 0.2) is 24.3 Å². The molecular weight excluding hydrogens is 190 g/mol. The van der Waals surface area contributed by atoms with E-state index in [0.717, 1.165) is 22.4 Å². The summed E-state index contributed by atoms with van der Waals surface area (Å²) >= 11 is 0. The zero-order valence-electron chi connectivity index (χ0n) is 8.83. The number of amides is 1. The molecule has 1 N–H and O–H groups in total. The van der Waals surface area contributed by atoms with Crippen LogP contribution in [0, 0.1) is 0 Å². The van der Waals surface area contributed by atoms with Gasteiger partial charge >= 0.3 is 0 Å². The highest BCUT2D eigenvalue weighted by atomic mass is 16.5. The zero-order valence-corrected chi connectivity index (χ0v) is 8.83. The number of fused-ring (bicyclic) bond motifs is 1. The Morgan fingerprint density at radius 1 is 1.40 bits per heavy atom. The van der Waals surface area contributed by atoms with E-state index < -0.39 is 0 Å². The van der Waals surface area contributed by atoms with Crippen molar-refractivity contribution in [3.8, 4) is 5.75 Å². The molecule has 0 saturated carbocycles. The molecule has 1 aromatic rings. The molecule has 78 valence electrons. The molecule has 15 heavy (non-hydrogen) atoms. The van der Waals surface area contributed by atoms with E-state index >= 15 is 0 Å². The van der Waals surface area contributed by atoms with Crippen LogP contribution in [0.25, 0.3) is 5.57 Å². The van der Waals surface area contributed by atoms with E-state index in [9.17, 15) is 4.79 Å². The Labute approximate surface area is 88.8 Å². The molecule has 1 aliphatic heterocycles. The van der Waals surface area contributed by atoms with Crippen LogP contribution in [0.5, 0.6) is 5.75 Å². The van der Waals surface area contributed by atoms with Crippen LogP contribution in [0.4, 0.5) is 0 Å². The molecule has 3 heteroatoms. The molecule has 0 aromatic heterocycles. The Bertz CT molecular complexity index is 435. The van der Waals surface area contributed by atoms with Crippen molar-refractivity contribution < 1.29 is 9.53 Å². The lowest BCUT2D eigenvalue weighted by molar-refractivity contribution is 0.0955. The van der Waals surface area contributed by atoms with Crippen molar-refractivity contribution in [1.82, 2.24) is 5.32 Å². The summed E-state index contributed by atoms with van der Waals surface area (Å²) in [5, 5.41) is 2.83. The van der Waals surface area contributed by atoms with E-state index in [1.807, 2.05) is 19.1 Å². The van der Waals surface area contributed by atoms with Crippen LogP contribution in [0.1, 0.15) is 22.8 Å². The number of carbonyl (C=O) groups excluding carboxylic acids is 1. The minimum absolute atomic E-state index is 0.0155. The predicted octanol–water partition coefficient (Wildman–Crippen LogP) is 1.84. The Hall–Kier alpha value is -1.77. The molecule has 0 atom stereocenters. The van der Waals surface area contributed by atoms with Crippen LogP contribution in [-0.2, 0) is 0 Å². The fourth-order valence-corrected chi connectivity index (χ4v) is 1.74. The molecule has 1 amide bonds. The Kier molecular flexibility index (Phi) is 2.46. The topological polar surface area (TPSA) is 38.3 Å². The fraction of sp³-hybridized carbons (Fsp3) is 0.250. The monoisotopic (exact) mass is 203 g/mol. The number of ether oxygens (including phenoxy) is 1. The molecular formula is C12H13NO2. The lowest BCUT2D eigenvalue weighted by Gasteiger charge is -2.19. The second-order valence-electron chi connectivity index (χ2n) is 3.41. The van der Waals surface area contributed by atoms with Crippen LogP contribution < -0.4 is 10.1 Å². The van der Waals surface area contributed by atoms with Crippen molar-refractivity contribution in [3.63, 3.8) is 0 Å². The fourth-order valence-electron chi connectivity index (χ4n) is 1.74. The first-order chi connectivity index (χ1) is 7.26. The van der Waals surface area contributed by atoms with E-state index in [-0.39, 0.29) is 5.91 Å². The summed E-state index contributed by atoms with van der Waals surface area (Å²) < 4.78 is 5.15. The Morgan fingerprint density at radius 3 is 2.87 bits per heavy atom. The smallest absolute Gasteiger partial charge is 0.252 e. The zero-order chi connectivity index (χ0) is 10.8. The highest BCUT2D eigenvalue weighted by Gasteiger charge is 2.19. The number of rotatable bonds is 1. The molecule has 0 unspecified atom stereocenters. The second-order valence-corrected chi connectivity index (χ2v) is 3.41. The van der Waals surface area contributed by atoms with Gasteiger partial charge in [-0.3, -0.25) is 4.79 Å². The van der Waals surface area contributed by atoms with Gasteiger partial charge < -0.3 is 10.1 Å². The van der Waals surface area contributed by atoms with Gasteiger partial charge in [0.2, 0.25) is 0 Å². The van der Waals surface area contributed by atoms with Crippen molar-refractivity contribution in [2.24, 2.45) is 0 Å². The summed E-state index contributed by atoms with van der Waals surface area (Å²) in [4.78, 5) is 11.6. The molecule has 1 heterocycles. The third-order valence-corrected chi connectivity index (χ3v) is 2.61. The summed E-state index contributed by atoms with van der Waals surface area (Å²) in [7, 11) is 1.62. The third kappa shape index (κ3) is 1.61. The van der Waals surface area contributed by atoms with E-state index in [1.165, 1.54) is 0 Å². The lowest BCUT2D eigenvalue weighted by atomic mass is 9.95. The third-order valence-electron chi connectivity index (χ3n) is 2.61. The van der Waals surface area contributed by atoms with Gasteiger partial charge in [0.15, 0.2) is 0 Å². The van der Waals surface area contributed by atoms with Gasteiger partial charge in [0.1, 0.15) is 5.75 Å². The summed E-state index contributed by atoms with van der Waals surface area (Å²) in [6, 6.07) is 5.51. The maximum absolute atomic E-state index is 11.6. The van der Waals surface area contributed by atoms with Gasteiger partial charge in [-0.2, -0.15) is 0 Å². The predicted molar refractivity (Wildman–Crippen MR) is 59.0 cm³/mol. The van der Waals surface area contributed by atoms with Crippen molar-refractivity contribution in [3.05, 3.63) is 35.4 Å². The molecule has 2 rings (SSSR count). The first-order valence-corrected chi connectivity index (χ1v) is 4.88. The number of hydrogen-bond acceptors (Lipinski definition) is 2. The van der Waals surface area contributed by atoms with Crippen LogP contribution >= 0.6 is 0 Å². The van der Waals surface area contributed by atoms with Crippen molar-refractivity contribution in [2.45, 2.75) is 6.92 Å². The molecule has 0 fully saturated rings. The van der Waals surface area contributed by atoms with E-state index in [2.05, 4.69) is 5.32 Å². The van der Waals surface area contributed by atoms with Gasteiger partial charge in [0, 0.05) is 12.1 Å². The van der Waals surface area contributed by atoms with Crippen LogP contribution in [-0.4, -0.2) is 19.6 Å². The summed E-state index contributed by atoms with van der Waals surface area (Å²) in [5.41, 5.74) is 2.82. The Morgan fingerprint density at radius 2 is 2.20 bits per heavy atom. The Balaban J connectivity index is 2.58. The summed E-state index contributed by atoms with van der Waals surface area (Å²) in [6.45, 7) is 2.56. The van der Waals surface area contributed by atoms with Gasteiger partial charge in [0.25, 0.3) is 5.91 Å². The number of allylic oxidation sites excluding steroid dienone is 1. The second kappa shape index (κ2) is 3.77. The maximum atomic E-state index is 11.6. The van der Waals surface area contributed by atoms with Gasteiger partial charge in [-0.15, -0.1) is 0 Å². The molecule has 1 aliphatic rings. The van der Waals surface area contributed by atoms with Crippen molar-refractivity contribution in [2.75, 3.05) is 13.7 Å². The molecule has 0 radical (unpaired) electrons. The minimum Gasteiger partial charge on any atom is -0.497 e. The van der Waals surface area contributed by atoms with Crippen LogP contribution in [0.2, 0.25) is 0 Å². The molecule has 3 nitrogen and oxygen atoms in total. The number of methoxy groups -OCH3 is 1. The SMILES string of the molecule is C/C=C1\CNC(=O)c2ccc(OC)cc21. The molecule has 0 bridgehead atoms. The lowest BCUT2D eigenvalue weighted by Crippen LogP contribution is -2.31. The van der Waals surface area contributed by atoms with Gasteiger partial charge in [-0.05, 0) is 36.3 Å². The highest BCUT2D eigenvalue weighted by Crippen LogP contribution is 2.26. The molecule has 0 aliphatic carbocycles. The average Bonchev–Trinajstić information content (AvgIpc) is 2.29. The van der Waals surface area contributed by atoms with E-state index in [4.69, 9.17) is 4.74 Å². The molecule has 0 saturated heterocycles. The van der Waals surface area contributed by atoms with E-state index in [0.29, 0.717) is 6.54 Å². The normalized spacial score (nSPS) is 17.2. The average molecular weight is 203 g/mol. The molecule has 0 spiro atoms. The largest absolute Gasteiger partial charge is 0.497 e.